The van der Waals surface area contributed by atoms with E-state index >= 15 is 0 Å². The fourth-order valence-electron chi connectivity index (χ4n) is 3.86. The molecule has 0 bridgehead atoms. The van der Waals surface area contributed by atoms with E-state index in [9.17, 15) is 9.59 Å². The number of aryl methyl sites for hydroxylation is 1. The van der Waals surface area contributed by atoms with Crippen LogP contribution in [0.15, 0.2) is 56.3 Å². The summed E-state index contributed by atoms with van der Waals surface area (Å²) in [5.41, 5.74) is 1.25. The number of oxazole rings is 1. The first-order valence-electron chi connectivity index (χ1n) is 9.85. The number of aromatic nitrogens is 1. The maximum absolute atomic E-state index is 12.4. The van der Waals surface area contributed by atoms with E-state index in [0.717, 1.165) is 18.8 Å². The van der Waals surface area contributed by atoms with Gasteiger partial charge in [-0.2, -0.15) is 0 Å². The standard InChI is InChI=1S/C21H25N3O4/c25-20(10-13-24-16-7-2-3-8-19(16)28-21(24)26)22-15-17(18-9-6-14-27-18)23-11-4-1-5-12-23/h2-3,6-9,14,17H,1,4-5,10-13,15H2,(H,22,25)/t17-/m1/s1. The molecule has 1 aromatic carbocycles. The first kappa shape index (κ1) is 18.6. The van der Waals surface area contributed by atoms with Crippen LogP contribution < -0.4 is 11.1 Å². The van der Waals surface area contributed by atoms with E-state index in [-0.39, 0.29) is 24.9 Å². The first-order chi connectivity index (χ1) is 13.7. The van der Waals surface area contributed by atoms with Crippen molar-refractivity contribution in [1.82, 2.24) is 14.8 Å². The number of benzene rings is 1. The summed E-state index contributed by atoms with van der Waals surface area (Å²) in [7, 11) is 0. The van der Waals surface area contributed by atoms with Crippen LogP contribution in [0.2, 0.25) is 0 Å². The van der Waals surface area contributed by atoms with Gasteiger partial charge in [-0.05, 0) is 50.2 Å². The van der Waals surface area contributed by atoms with Crippen molar-refractivity contribution in [1.29, 1.82) is 0 Å². The van der Waals surface area contributed by atoms with Crippen LogP contribution in [0.4, 0.5) is 0 Å². The molecule has 3 heterocycles. The Hall–Kier alpha value is -2.80. The molecule has 0 radical (unpaired) electrons. The molecular formula is C21H25N3O4. The second-order valence-electron chi connectivity index (χ2n) is 7.17. The highest BCUT2D eigenvalue weighted by atomic mass is 16.4. The van der Waals surface area contributed by atoms with Gasteiger partial charge in [0.15, 0.2) is 5.58 Å². The molecule has 4 rings (SSSR count). The van der Waals surface area contributed by atoms with Gasteiger partial charge in [0, 0.05) is 19.5 Å². The smallest absolute Gasteiger partial charge is 0.419 e. The third kappa shape index (κ3) is 4.04. The number of piperidine rings is 1. The zero-order chi connectivity index (χ0) is 19.3. The van der Waals surface area contributed by atoms with Crippen LogP contribution in [0.1, 0.15) is 37.5 Å². The summed E-state index contributed by atoms with van der Waals surface area (Å²) in [6.45, 7) is 2.81. The number of amides is 1. The van der Waals surface area contributed by atoms with Crippen LogP contribution in [0.5, 0.6) is 0 Å². The second kappa shape index (κ2) is 8.48. The third-order valence-corrected chi connectivity index (χ3v) is 5.33. The van der Waals surface area contributed by atoms with Gasteiger partial charge in [-0.1, -0.05) is 18.6 Å². The van der Waals surface area contributed by atoms with Crippen molar-refractivity contribution in [3.8, 4) is 0 Å². The Morgan fingerprint density at radius 2 is 1.93 bits per heavy atom. The van der Waals surface area contributed by atoms with Crippen LogP contribution in [-0.4, -0.2) is 35.0 Å². The minimum Gasteiger partial charge on any atom is -0.468 e. The zero-order valence-corrected chi connectivity index (χ0v) is 15.8. The molecule has 148 valence electrons. The molecule has 0 spiro atoms. The van der Waals surface area contributed by atoms with E-state index in [1.54, 1.807) is 12.3 Å². The number of para-hydroxylation sites is 2. The Kier molecular flexibility index (Phi) is 5.62. The van der Waals surface area contributed by atoms with Gasteiger partial charge in [-0.25, -0.2) is 4.79 Å². The molecule has 2 aromatic heterocycles. The monoisotopic (exact) mass is 383 g/mol. The number of likely N-dealkylation sites (tertiary alicyclic amines) is 1. The van der Waals surface area contributed by atoms with E-state index in [2.05, 4.69) is 10.2 Å². The largest absolute Gasteiger partial charge is 0.468 e. The molecule has 1 aliphatic rings. The third-order valence-electron chi connectivity index (χ3n) is 5.33. The van der Waals surface area contributed by atoms with Crippen molar-refractivity contribution < 1.29 is 13.6 Å². The lowest BCUT2D eigenvalue weighted by molar-refractivity contribution is -0.121. The molecule has 7 heteroatoms. The first-order valence-corrected chi connectivity index (χ1v) is 9.85. The van der Waals surface area contributed by atoms with Crippen molar-refractivity contribution in [2.45, 2.75) is 38.3 Å². The molecule has 28 heavy (non-hydrogen) atoms. The number of carbonyl (C=O) groups is 1. The van der Waals surface area contributed by atoms with Crippen LogP contribution >= 0.6 is 0 Å². The SMILES string of the molecule is O=C(CCn1c(=O)oc2ccccc21)NC[C@H](c1ccco1)N1CCCCC1. The normalized spacial score (nSPS) is 16.3. The predicted octanol–water partition coefficient (Wildman–Crippen LogP) is 2.92. The van der Waals surface area contributed by atoms with Crippen molar-refractivity contribution in [3.05, 3.63) is 59.0 Å². The Labute approximate surface area is 162 Å². The van der Waals surface area contributed by atoms with Gasteiger partial charge in [0.2, 0.25) is 5.91 Å². The summed E-state index contributed by atoms with van der Waals surface area (Å²) in [5.74, 6) is 0.348. The molecule has 1 saturated heterocycles. The topological polar surface area (TPSA) is 80.6 Å². The molecular weight excluding hydrogens is 358 g/mol. The van der Waals surface area contributed by atoms with Crippen LogP contribution in [0.25, 0.3) is 11.1 Å². The highest BCUT2D eigenvalue weighted by Gasteiger charge is 2.24. The van der Waals surface area contributed by atoms with Crippen LogP contribution in [0.3, 0.4) is 0 Å². The maximum atomic E-state index is 12.4. The molecule has 1 N–H and O–H groups in total. The number of hydrogen-bond donors (Lipinski definition) is 1. The van der Waals surface area contributed by atoms with Crippen LogP contribution in [-0.2, 0) is 11.3 Å². The summed E-state index contributed by atoms with van der Waals surface area (Å²) >= 11 is 0. The Morgan fingerprint density at radius 1 is 1.11 bits per heavy atom. The lowest BCUT2D eigenvalue weighted by Gasteiger charge is -2.33. The van der Waals surface area contributed by atoms with Gasteiger partial charge in [-0.3, -0.25) is 14.3 Å². The Bertz CT molecular complexity index is 967. The number of rotatable bonds is 7. The lowest BCUT2D eigenvalue weighted by Crippen LogP contribution is -2.40. The van der Waals surface area contributed by atoms with E-state index < -0.39 is 5.76 Å². The zero-order valence-electron chi connectivity index (χ0n) is 15.8. The Morgan fingerprint density at radius 3 is 2.71 bits per heavy atom. The highest BCUT2D eigenvalue weighted by molar-refractivity contribution is 5.76. The van der Waals surface area contributed by atoms with Crippen molar-refractivity contribution in [2.75, 3.05) is 19.6 Å². The van der Waals surface area contributed by atoms with Gasteiger partial charge >= 0.3 is 5.76 Å². The number of nitrogens with one attached hydrogen (secondary N) is 1. The van der Waals surface area contributed by atoms with E-state index in [0.29, 0.717) is 17.6 Å². The van der Waals surface area contributed by atoms with Crippen molar-refractivity contribution in [2.24, 2.45) is 0 Å². The second-order valence-corrected chi connectivity index (χ2v) is 7.17. The number of fused-ring (bicyclic) bond motifs is 1. The van der Waals surface area contributed by atoms with E-state index in [1.165, 1.54) is 23.8 Å². The number of carbonyl (C=O) groups excluding carboxylic acids is 1. The Balaban J connectivity index is 1.37. The average molecular weight is 383 g/mol. The molecule has 1 amide bonds. The summed E-state index contributed by atoms with van der Waals surface area (Å²) in [6.07, 6.45) is 5.48. The quantitative estimate of drug-likeness (QED) is 0.678. The molecule has 0 saturated carbocycles. The summed E-state index contributed by atoms with van der Waals surface area (Å²) in [5, 5.41) is 3.01. The van der Waals surface area contributed by atoms with Gasteiger partial charge in [0.1, 0.15) is 5.76 Å². The summed E-state index contributed by atoms with van der Waals surface area (Å²) in [6, 6.07) is 11.1. The minimum absolute atomic E-state index is 0.0386. The molecule has 1 atom stereocenters. The maximum Gasteiger partial charge on any atom is 0.419 e. The average Bonchev–Trinajstić information content (AvgIpc) is 3.35. The molecule has 1 aliphatic heterocycles. The summed E-state index contributed by atoms with van der Waals surface area (Å²) < 4.78 is 12.3. The van der Waals surface area contributed by atoms with Crippen LogP contribution in [0, 0.1) is 0 Å². The fraction of sp³-hybridized carbons (Fsp3) is 0.429. The fourth-order valence-corrected chi connectivity index (χ4v) is 3.86. The number of furan rings is 1. The molecule has 1 fully saturated rings. The molecule has 0 unspecified atom stereocenters. The van der Waals surface area contributed by atoms with E-state index in [4.69, 9.17) is 8.83 Å². The molecule has 7 nitrogen and oxygen atoms in total. The van der Waals surface area contributed by atoms with Crippen molar-refractivity contribution in [3.63, 3.8) is 0 Å². The lowest BCUT2D eigenvalue weighted by atomic mass is 10.1. The minimum atomic E-state index is -0.434. The van der Waals surface area contributed by atoms with Gasteiger partial charge in [0.25, 0.3) is 0 Å². The van der Waals surface area contributed by atoms with Crippen molar-refractivity contribution >= 4 is 17.0 Å². The van der Waals surface area contributed by atoms with E-state index in [1.807, 2.05) is 30.3 Å². The number of nitrogens with zero attached hydrogens (tertiary/aromatic N) is 2. The molecule has 3 aromatic rings. The predicted molar refractivity (Wildman–Crippen MR) is 105 cm³/mol. The van der Waals surface area contributed by atoms with Gasteiger partial charge in [-0.15, -0.1) is 0 Å². The van der Waals surface area contributed by atoms with Gasteiger partial charge in [0.05, 0.1) is 17.8 Å². The van der Waals surface area contributed by atoms with Gasteiger partial charge < -0.3 is 14.2 Å². The highest BCUT2D eigenvalue weighted by Crippen LogP contribution is 2.24. The number of hydrogen-bond acceptors (Lipinski definition) is 5. The molecule has 0 aliphatic carbocycles. The summed E-state index contributed by atoms with van der Waals surface area (Å²) in [4.78, 5) is 26.8.